The van der Waals surface area contributed by atoms with E-state index < -0.39 is 0 Å². The highest BCUT2D eigenvalue weighted by atomic mass is 16.2. The zero-order chi connectivity index (χ0) is 15.3. The number of aliphatic hydroxyl groups is 1. The Bertz CT molecular complexity index is 577. The van der Waals surface area contributed by atoms with Crippen molar-refractivity contribution in [2.45, 2.75) is 39.5 Å². The van der Waals surface area contributed by atoms with Gasteiger partial charge in [-0.15, -0.1) is 0 Å². The second kappa shape index (κ2) is 6.78. The quantitative estimate of drug-likeness (QED) is 0.817. The summed E-state index contributed by atoms with van der Waals surface area (Å²) in [4.78, 5) is 12.3. The monoisotopic (exact) mass is 285 g/mol. The molecule has 1 aromatic carbocycles. The van der Waals surface area contributed by atoms with Gasteiger partial charge in [0, 0.05) is 17.7 Å². The molecule has 0 aliphatic heterocycles. The van der Waals surface area contributed by atoms with Gasteiger partial charge >= 0.3 is 0 Å². The second-order valence-electron chi connectivity index (χ2n) is 5.92. The molecule has 2 rings (SSSR count). The van der Waals surface area contributed by atoms with Crippen LogP contribution in [-0.2, 0) is 0 Å². The normalized spacial score (nSPS) is 15.0. The molecule has 0 heterocycles. The maximum atomic E-state index is 12.3. The Balaban J connectivity index is 2.02. The van der Waals surface area contributed by atoms with Gasteiger partial charge < -0.3 is 10.4 Å². The number of aliphatic hydroxyl groups excluding tert-OH is 1. The molecule has 2 N–H and O–H groups in total. The Kier molecular flexibility index (Phi) is 5.03. The summed E-state index contributed by atoms with van der Waals surface area (Å²) in [5.74, 6) is 5.47. The molecule has 0 saturated heterocycles. The minimum atomic E-state index is -0.171. The van der Waals surface area contributed by atoms with Gasteiger partial charge in [-0.25, -0.2) is 0 Å². The first kappa shape index (κ1) is 15.6. The minimum absolute atomic E-state index is 0.0376. The third-order valence-corrected chi connectivity index (χ3v) is 4.16. The summed E-state index contributed by atoms with van der Waals surface area (Å²) in [6.45, 7) is 4.73. The first-order valence-corrected chi connectivity index (χ1v) is 7.59. The van der Waals surface area contributed by atoms with Gasteiger partial charge in [0.05, 0.1) is 0 Å². The van der Waals surface area contributed by atoms with Gasteiger partial charge in [-0.2, -0.15) is 0 Å². The van der Waals surface area contributed by atoms with E-state index >= 15 is 0 Å². The zero-order valence-corrected chi connectivity index (χ0v) is 12.8. The van der Waals surface area contributed by atoms with Crippen molar-refractivity contribution in [2.75, 3.05) is 13.2 Å². The summed E-state index contributed by atoms with van der Waals surface area (Å²) in [6, 6.07) is 5.52. The van der Waals surface area contributed by atoms with E-state index in [1.807, 2.05) is 19.1 Å². The predicted molar refractivity (Wildman–Crippen MR) is 84.1 cm³/mol. The van der Waals surface area contributed by atoms with Crippen LogP contribution in [0.25, 0.3) is 0 Å². The number of amides is 1. The number of carbonyl (C=O) groups is 1. The molecule has 0 bridgehead atoms. The lowest BCUT2D eigenvalue weighted by Crippen LogP contribution is -2.30. The van der Waals surface area contributed by atoms with E-state index in [1.54, 1.807) is 6.07 Å². The third kappa shape index (κ3) is 4.09. The van der Waals surface area contributed by atoms with Crippen LogP contribution in [0.1, 0.15) is 54.1 Å². The highest BCUT2D eigenvalue weighted by Crippen LogP contribution is 2.48. The van der Waals surface area contributed by atoms with E-state index in [-0.39, 0.29) is 12.5 Å². The molecule has 0 unspecified atom stereocenters. The van der Waals surface area contributed by atoms with E-state index in [1.165, 1.54) is 25.7 Å². The van der Waals surface area contributed by atoms with Gasteiger partial charge in [-0.3, -0.25) is 4.79 Å². The molecule has 1 aromatic rings. The lowest BCUT2D eigenvalue weighted by atomic mass is 10.0. The van der Waals surface area contributed by atoms with Crippen LogP contribution in [0.3, 0.4) is 0 Å². The number of rotatable bonds is 5. The molecule has 1 saturated carbocycles. The molecule has 112 valence electrons. The Labute approximate surface area is 126 Å². The van der Waals surface area contributed by atoms with Crippen LogP contribution in [0.2, 0.25) is 0 Å². The number of aryl methyl sites for hydroxylation is 1. The number of hydrogen-bond donors (Lipinski definition) is 2. The van der Waals surface area contributed by atoms with Gasteiger partial charge in [-0.05, 0) is 49.3 Å². The Morgan fingerprint density at radius 3 is 2.81 bits per heavy atom. The lowest BCUT2D eigenvalue weighted by molar-refractivity contribution is 0.0943. The second-order valence-corrected chi connectivity index (χ2v) is 5.92. The Hall–Kier alpha value is -1.79. The standard InChI is InChI=1S/C18H23NO2/c1-3-8-18(9-10-18)13-19-17(21)16-7-6-14(2)15(12-16)5-4-11-20/h6-7,12,20H,3,8-11,13H2,1-2H3,(H,19,21). The Morgan fingerprint density at radius 1 is 1.43 bits per heavy atom. The fourth-order valence-electron chi connectivity index (χ4n) is 2.62. The van der Waals surface area contributed by atoms with Crippen LogP contribution in [0, 0.1) is 24.2 Å². The molecule has 1 aliphatic rings. The van der Waals surface area contributed by atoms with E-state index in [0.29, 0.717) is 11.0 Å². The summed E-state index contributed by atoms with van der Waals surface area (Å²) in [5.41, 5.74) is 2.80. The molecule has 0 radical (unpaired) electrons. The molecule has 3 nitrogen and oxygen atoms in total. The number of hydrogen-bond acceptors (Lipinski definition) is 2. The van der Waals surface area contributed by atoms with Crippen molar-refractivity contribution in [1.29, 1.82) is 0 Å². The van der Waals surface area contributed by atoms with Gasteiger partial charge in [0.25, 0.3) is 5.91 Å². The molecule has 0 aromatic heterocycles. The summed E-state index contributed by atoms with van der Waals surface area (Å²) < 4.78 is 0. The smallest absolute Gasteiger partial charge is 0.251 e. The topological polar surface area (TPSA) is 49.3 Å². The maximum Gasteiger partial charge on any atom is 0.251 e. The van der Waals surface area contributed by atoms with Gasteiger partial charge in [0.15, 0.2) is 0 Å². The van der Waals surface area contributed by atoms with E-state index in [0.717, 1.165) is 17.7 Å². The van der Waals surface area contributed by atoms with Crippen LogP contribution in [0.5, 0.6) is 0 Å². The SMILES string of the molecule is CCCC1(CNC(=O)c2ccc(C)c(C#CCO)c2)CC1. The minimum Gasteiger partial charge on any atom is -0.384 e. The average molecular weight is 285 g/mol. The first-order valence-electron chi connectivity index (χ1n) is 7.59. The highest BCUT2D eigenvalue weighted by molar-refractivity contribution is 5.94. The van der Waals surface area contributed by atoms with Crippen LogP contribution in [0.15, 0.2) is 18.2 Å². The van der Waals surface area contributed by atoms with Crippen LogP contribution >= 0.6 is 0 Å². The van der Waals surface area contributed by atoms with Crippen molar-refractivity contribution in [1.82, 2.24) is 5.32 Å². The van der Waals surface area contributed by atoms with Crippen molar-refractivity contribution in [2.24, 2.45) is 5.41 Å². The molecule has 0 spiro atoms. The van der Waals surface area contributed by atoms with Crippen molar-refractivity contribution in [3.05, 3.63) is 34.9 Å². The Morgan fingerprint density at radius 2 is 2.19 bits per heavy atom. The van der Waals surface area contributed by atoms with Crippen LogP contribution < -0.4 is 5.32 Å². The van der Waals surface area contributed by atoms with Crippen LogP contribution in [-0.4, -0.2) is 24.2 Å². The van der Waals surface area contributed by atoms with E-state index in [2.05, 4.69) is 24.1 Å². The number of nitrogens with one attached hydrogen (secondary N) is 1. The fraction of sp³-hybridized carbons (Fsp3) is 0.500. The molecular formula is C18H23NO2. The zero-order valence-electron chi connectivity index (χ0n) is 12.8. The molecule has 21 heavy (non-hydrogen) atoms. The molecule has 1 fully saturated rings. The van der Waals surface area contributed by atoms with Gasteiger partial charge in [0.1, 0.15) is 6.61 Å². The van der Waals surface area contributed by atoms with Crippen LogP contribution in [0.4, 0.5) is 0 Å². The molecule has 1 aliphatic carbocycles. The average Bonchev–Trinajstić information content (AvgIpc) is 3.24. The molecule has 1 amide bonds. The molecule has 0 atom stereocenters. The maximum absolute atomic E-state index is 12.3. The molecular weight excluding hydrogens is 262 g/mol. The van der Waals surface area contributed by atoms with Crippen molar-refractivity contribution in [3.63, 3.8) is 0 Å². The first-order chi connectivity index (χ1) is 10.1. The predicted octanol–water partition coefficient (Wildman–Crippen LogP) is 2.65. The van der Waals surface area contributed by atoms with Crippen molar-refractivity contribution in [3.8, 4) is 11.8 Å². The summed E-state index contributed by atoms with van der Waals surface area (Å²) in [5, 5.41) is 11.8. The summed E-state index contributed by atoms with van der Waals surface area (Å²) in [6.07, 6.45) is 4.81. The van der Waals surface area contributed by atoms with Gasteiger partial charge in [-0.1, -0.05) is 31.3 Å². The molecule has 3 heteroatoms. The van der Waals surface area contributed by atoms with E-state index in [9.17, 15) is 4.79 Å². The highest BCUT2D eigenvalue weighted by Gasteiger charge is 2.41. The largest absolute Gasteiger partial charge is 0.384 e. The summed E-state index contributed by atoms with van der Waals surface area (Å²) in [7, 11) is 0. The van der Waals surface area contributed by atoms with Gasteiger partial charge in [0.2, 0.25) is 0 Å². The summed E-state index contributed by atoms with van der Waals surface area (Å²) >= 11 is 0. The van der Waals surface area contributed by atoms with E-state index in [4.69, 9.17) is 5.11 Å². The lowest BCUT2D eigenvalue weighted by Gasteiger charge is -2.15. The van der Waals surface area contributed by atoms with Crippen molar-refractivity contribution >= 4 is 5.91 Å². The fourth-order valence-corrected chi connectivity index (χ4v) is 2.62. The number of benzene rings is 1. The number of carbonyl (C=O) groups excluding carboxylic acids is 1. The third-order valence-electron chi connectivity index (χ3n) is 4.16. The van der Waals surface area contributed by atoms with Crippen molar-refractivity contribution < 1.29 is 9.90 Å².